The molecule has 4 nitrogen and oxygen atoms in total. The van der Waals surface area contributed by atoms with Gasteiger partial charge in [-0.25, -0.2) is 4.79 Å². The minimum absolute atomic E-state index is 0.0957. The van der Waals surface area contributed by atoms with E-state index in [9.17, 15) is 4.79 Å². The van der Waals surface area contributed by atoms with E-state index in [2.05, 4.69) is 5.32 Å². The van der Waals surface area contributed by atoms with Gasteiger partial charge in [-0.05, 0) is 45.2 Å². The van der Waals surface area contributed by atoms with Crippen LogP contribution in [0.1, 0.15) is 32.1 Å². The Morgan fingerprint density at radius 2 is 1.80 bits per heavy atom. The summed E-state index contributed by atoms with van der Waals surface area (Å²) in [4.78, 5) is 13.6. The predicted octanol–water partition coefficient (Wildman–Crippen LogP) is 1.36. The molecule has 0 aliphatic carbocycles. The third kappa shape index (κ3) is 3.09. The highest BCUT2D eigenvalue weighted by atomic mass is 16.6. The number of nitrogens with one attached hydrogen (secondary N) is 1. The summed E-state index contributed by atoms with van der Waals surface area (Å²) in [6, 6.07) is 0. The summed E-state index contributed by atoms with van der Waals surface area (Å²) < 4.78 is 5.48. The lowest BCUT2D eigenvalue weighted by molar-refractivity contribution is 0.0448. The molecule has 0 unspecified atom stereocenters. The molecule has 2 aliphatic rings. The normalized spacial score (nSPS) is 23.9. The molecule has 2 aliphatic heterocycles. The van der Waals surface area contributed by atoms with Gasteiger partial charge in [0.2, 0.25) is 0 Å². The van der Waals surface area contributed by atoms with E-state index >= 15 is 0 Å². The Bertz CT molecular complexity index is 209. The number of ether oxygens (including phenoxy) is 1. The van der Waals surface area contributed by atoms with Crippen LogP contribution >= 0.6 is 0 Å². The summed E-state index contributed by atoms with van der Waals surface area (Å²) >= 11 is 0. The van der Waals surface area contributed by atoms with E-state index in [1.807, 2.05) is 4.90 Å². The minimum atomic E-state index is -0.0957. The number of carbonyl (C=O) groups is 1. The van der Waals surface area contributed by atoms with Gasteiger partial charge >= 0.3 is 6.09 Å². The molecule has 4 heteroatoms. The zero-order chi connectivity index (χ0) is 10.5. The number of nitrogens with zero attached hydrogens (tertiary/aromatic N) is 1. The fourth-order valence-corrected chi connectivity index (χ4v) is 2.21. The number of carbonyl (C=O) groups excluding carboxylic acids is 1. The average Bonchev–Trinajstić information content (AvgIpc) is 2.31. The molecule has 15 heavy (non-hydrogen) atoms. The summed E-state index contributed by atoms with van der Waals surface area (Å²) in [6.07, 6.45) is 5.46. The molecule has 0 atom stereocenters. The van der Waals surface area contributed by atoms with Crippen molar-refractivity contribution in [2.75, 3.05) is 26.2 Å². The van der Waals surface area contributed by atoms with Gasteiger partial charge in [0.05, 0.1) is 0 Å². The molecule has 0 saturated carbocycles. The van der Waals surface area contributed by atoms with Crippen molar-refractivity contribution in [1.29, 1.82) is 0 Å². The van der Waals surface area contributed by atoms with E-state index in [-0.39, 0.29) is 12.2 Å². The maximum absolute atomic E-state index is 11.7. The highest BCUT2D eigenvalue weighted by molar-refractivity contribution is 5.67. The SMILES string of the molecule is O=C(OC1CCNCC1)N1CCCCC1. The maximum Gasteiger partial charge on any atom is 0.410 e. The molecule has 86 valence electrons. The number of piperidine rings is 2. The minimum Gasteiger partial charge on any atom is -0.446 e. The van der Waals surface area contributed by atoms with Gasteiger partial charge in [0.1, 0.15) is 6.10 Å². The van der Waals surface area contributed by atoms with Crippen LogP contribution in [0.3, 0.4) is 0 Å². The molecule has 0 aromatic heterocycles. The molecular formula is C11H20N2O2. The Labute approximate surface area is 91.0 Å². The van der Waals surface area contributed by atoms with Gasteiger partial charge < -0.3 is 15.0 Å². The first-order valence-electron chi connectivity index (χ1n) is 6.02. The molecule has 2 rings (SSSR count). The smallest absolute Gasteiger partial charge is 0.410 e. The van der Waals surface area contributed by atoms with E-state index in [1.54, 1.807) is 0 Å². The molecule has 1 N–H and O–H groups in total. The van der Waals surface area contributed by atoms with Gasteiger partial charge in [-0.3, -0.25) is 0 Å². The molecule has 0 spiro atoms. The van der Waals surface area contributed by atoms with Crippen molar-refractivity contribution in [1.82, 2.24) is 10.2 Å². The van der Waals surface area contributed by atoms with Gasteiger partial charge in [0, 0.05) is 13.1 Å². The summed E-state index contributed by atoms with van der Waals surface area (Å²) in [6.45, 7) is 3.70. The van der Waals surface area contributed by atoms with Crippen LogP contribution in [0, 0.1) is 0 Å². The van der Waals surface area contributed by atoms with Crippen LogP contribution in [-0.2, 0) is 4.74 Å². The molecular weight excluding hydrogens is 192 g/mol. The second kappa shape index (κ2) is 5.35. The number of rotatable bonds is 1. The molecule has 0 bridgehead atoms. The Hall–Kier alpha value is -0.770. The van der Waals surface area contributed by atoms with Crippen LogP contribution in [0.2, 0.25) is 0 Å². The van der Waals surface area contributed by atoms with E-state index in [0.29, 0.717) is 0 Å². The number of amides is 1. The third-order valence-electron chi connectivity index (χ3n) is 3.17. The quantitative estimate of drug-likeness (QED) is 0.713. The number of hydrogen-bond donors (Lipinski definition) is 1. The molecule has 0 aromatic carbocycles. The van der Waals surface area contributed by atoms with Crippen molar-refractivity contribution in [2.24, 2.45) is 0 Å². The van der Waals surface area contributed by atoms with Crippen LogP contribution in [0.25, 0.3) is 0 Å². The lowest BCUT2D eigenvalue weighted by atomic mass is 10.1. The van der Waals surface area contributed by atoms with Crippen LogP contribution in [0.4, 0.5) is 4.79 Å². The van der Waals surface area contributed by atoms with Crippen molar-refractivity contribution in [3.63, 3.8) is 0 Å². The summed E-state index contributed by atoms with van der Waals surface area (Å²) in [5, 5.41) is 3.26. The number of hydrogen-bond acceptors (Lipinski definition) is 3. The van der Waals surface area contributed by atoms with Crippen molar-refractivity contribution in [3.8, 4) is 0 Å². The van der Waals surface area contributed by atoms with E-state index in [0.717, 1.165) is 51.9 Å². The Morgan fingerprint density at radius 1 is 1.13 bits per heavy atom. The first-order chi connectivity index (χ1) is 7.36. The lowest BCUT2D eigenvalue weighted by Gasteiger charge is -2.29. The van der Waals surface area contributed by atoms with Crippen molar-refractivity contribution in [2.45, 2.75) is 38.2 Å². The highest BCUT2D eigenvalue weighted by Gasteiger charge is 2.22. The topological polar surface area (TPSA) is 41.6 Å². The molecule has 0 radical (unpaired) electrons. The fourth-order valence-electron chi connectivity index (χ4n) is 2.21. The van der Waals surface area contributed by atoms with Crippen LogP contribution in [0.5, 0.6) is 0 Å². The fraction of sp³-hybridized carbons (Fsp3) is 0.909. The van der Waals surface area contributed by atoms with Gasteiger partial charge in [0.25, 0.3) is 0 Å². The molecule has 2 saturated heterocycles. The maximum atomic E-state index is 11.7. The molecule has 1 amide bonds. The Morgan fingerprint density at radius 3 is 2.47 bits per heavy atom. The van der Waals surface area contributed by atoms with Crippen LogP contribution in [0.15, 0.2) is 0 Å². The second-order valence-corrected chi connectivity index (χ2v) is 4.38. The van der Waals surface area contributed by atoms with E-state index in [4.69, 9.17) is 4.74 Å². The van der Waals surface area contributed by atoms with Crippen LogP contribution < -0.4 is 5.32 Å². The van der Waals surface area contributed by atoms with E-state index in [1.165, 1.54) is 6.42 Å². The second-order valence-electron chi connectivity index (χ2n) is 4.38. The summed E-state index contributed by atoms with van der Waals surface area (Å²) in [5.41, 5.74) is 0. The van der Waals surface area contributed by atoms with Crippen molar-refractivity contribution in [3.05, 3.63) is 0 Å². The summed E-state index contributed by atoms with van der Waals surface area (Å²) in [7, 11) is 0. The lowest BCUT2D eigenvalue weighted by Crippen LogP contribution is -2.40. The van der Waals surface area contributed by atoms with Crippen LogP contribution in [-0.4, -0.2) is 43.3 Å². The molecule has 2 fully saturated rings. The third-order valence-corrected chi connectivity index (χ3v) is 3.17. The van der Waals surface area contributed by atoms with Gasteiger partial charge in [-0.2, -0.15) is 0 Å². The Kier molecular flexibility index (Phi) is 3.83. The van der Waals surface area contributed by atoms with Crippen molar-refractivity contribution < 1.29 is 9.53 Å². The predicted molar refractivity (Wildman–Crippen MR) is 57.8 cm³/mol. The van der Waals surface area contributed by atoms with Gasteiger partial charge in [-0.15, -0.1) is 0 Å². The first kappa shape index (κ1) is 10.7. The zero-order valence-corrected chi connectivity index (χ0v) is 9.21. The van der Waals surface area contributed by atoms with Gasteiger partial charge in [-0.1, -0.05) is 0 Å². The van der Waals surface area contributed by atoms with Crippen molar-refractivity contribution >= 4 is 6.09 Å². The van der Waals surface area contributed by atoms with E-state index < -0.39 is 0 Å². The molecule has 2 heterocycles. The monoisotopic (exact) mass is 212 g/mol. The average molecular weight is 212 g/mol. The Balaban J connectivity index is 1.74. The molecule has 0 aromatic rings. The number of likely N-dealkylation sites (tertiary alicyclic amines) is 1. The van der Waals surface area contributed by atoms with Gasteiger partial charge in [0.15, 0.2) is 0 Å². The highest BCUT2D eigenvalue weighted by Crippen LogP contribution is 2.13. The largest absolute Gasteiger partial charge is 0.446 e. The summed E-state index contributed by atoms with van der Waals surface area (Å²) in [5.74, 6) is 0. The first-order valence-corrected chi connectivity index (χ1v) is 6.02. The zero-order valence-electron chi connectivity index (χ0n) is 9.21. The standard InChI is InChI=1S/C11H20N2O2/c14-11(13-8-2-1-3-9-13)15-10-4-6-12-7-5-10/h10,12H,1-9H2.